The van der Waals surface area contributed by atoms with Gasteiger partial charge in [0.1, 0.15) is 5.75 Å². The molecule has 1 unspecified atom stereocenters. The molecule has 1 atom stereocenters. The predicted octanol–water partition coefficient (Wildman–Crippen LogP) is 4.36. The molecule has 0 radical (unpaired) electrons. The van der Waals surface area contributed by atoms with Crippen LogP contribution in [-0.4, -0.2) is 23.8 Å². The SMILES string of the molecule is Cc1cc(Br)cc(C)c1OC(C)C(=O)NNC(=O)CCC(=O)Nc1cccc(Cl)c1C. The smallest absolute Gasteiger partial charge is 0.279 e. The second-order valence-corrected chi connectivity index (χ2v) is 8.45. The molecule has 31 heavy (non-hydrogen) atoms. The molecule has 2 aromatic rings. The lowest BCUT2D eigenvalue weighted by Crippen LogP contribution is -2.47. The van der Waals surface area contributed by atoms with Crippen LogP contribution in [0.3, 0.4) is 0 Å². The summed E-state index contributed by atoms with van der Waals surface area (Å²) in [7, 11) is 0. The summed E-state index contributed by atoms with van der Waals surface area (Å²) < 4.78 is 6.68. The molecule has 0 aliphatic heterocycles. The minimum atomic E-state index is -0.826. The molecule has 0 aliphatic rings. The highest BCUT2D eigenvalue weighted by Gasteiger charge is 2.18. The van der Waals surface area contributed by atoms with Crippen molar-refractivity contribution >= 4 is 50.9 Å². The fraction of sp³-hybridized carbons (Fsp3) is 0.318. The summed E-state index contributed by atoms with van der Waals surface area (Å²) in [5, 5.41) is 3.26. The lowest BCUT2D eigenvalue weighted by atomic mass is 10.1. The van der Waals surface area contributed by atoms with Gasteiger partial charge in [-0.05, 0) is 68.7 Å². The summed E-state index contributed by atoms with van der Waals surface area (Å²) >= 11 is 9.44. The van der Waals surface area contributed by atoms with Crippen molar-refractivity contribution in [2.45, 2.75) is 46.6 Å². The van der Waals surface area contributed by atoms with Crippen molar-refractivity contribution in [3.63, 3.8) is 0 Å². The maximum Gasteiger partial charge on any atom is 0.279 e. The van der Waals surface area contributed by atoms with Crippen LogP contribution in [0.1, 0.15) is 36.5 Å². The molecule has 0 aromatic heterocycles. The largest absolute Gasteiger partial charge is 0.480 e. The number of carbonyl (C=O) groups is 3. The summed E-state index contributed by atoms with van der Waals surface area (Å²) in [5.74, 6) is -0.710. The first-order valence-electron chi connectivity index (χ1n) is 9.65. The Morgan fingerprint density at radius 3 is 2.29 bits per heavy atom. The van der Waals surface area contributed by atoms with Gasteiger partial charge in [-0.2, -0.15) is 0 Å². The molecular weight excluding hydrogens is 486 g/mol. The highest BCUT2D eigenvalue weighted by atomic mass is 79.9. The Kier molecular flexibility index (Phi) is 8.88. The Balaban J connectivity index is 1.78. The van der Waals surface area contributed by atoms with Crippen molar-refractivity contribution in [3.05, 3.63) is 56.5 Å². The van der Waals surface area contributed by atoms with Crippen LogP contribution in [-0.2, 0) is 14.4 Å². The molecule has 0 bridgehead atoms. The number of hydrogen-bond donors (Lipinski definition) is 3. The third-order valence-electron chi connectivity index (χ3n) is 4.53. The molecule has 2 aromatic carbocycles. The quantitative estimate of drug-likeness (QED) is 0.482. The number of amides is 3. The van der Waals surface area contributed by atoms with Crippen LogP contribution < -0.4 is 20.9 Å². The van der Waals surface area contributed by atoms with E-state index < -0.39 is 17.9 Å². The van der Waals surface area contributed by atoms with Gasteiger partial charge in [0.05, 0.1) is 0 Å². The molecule has 0 saturated carbocycles. The van der Waals surface area contributed by atoms with Gasteiger partial charge in [0, 0.05) is 28.0 Å². The number of anilines is 1. The van der Waals surface area contributed by atoms with E-state index in [0.29, 0.717) is 16.5 Å². The van der Waals surface area contributed by atoms with Gasteiger partial charge in [-0.25, -0.2) is 0 Å². The van der Waals surface area contributed by atoms with Gasteiger partial charge in [-0.1, -0.05) is 33.6 Å². The molecule has 3 amide bonds. The van der Waals surface area contributed by atoms with E-state index in [4.69, 9.17) is 16.3 Å². The molecule has 0 heterocycles. The predicted molar refractivity (Wildman–Crippen MR) is 124 cm³/mol. The maximum absolute atomic E-state index is 12.2. The average Bonchev–Trinajstić information content (AvgIpc) is 2.70. The van der Waals surface area contributed by atoms with Crippen LogP contribution in [0, 0.1) is 20.8 Å². The van der Waals surface area contributed by atoms with Crippen molar-refractivity contribution < 1.29 is 19.1 Å². The monoisotopic (exact) mass is 509 g/mol. The Hall–Kier alpha value is -2.58. The number of ether oxygens (including phenoxy) is 1. The van der Waals surface area contributed by atoms with Crippen molar-refractivity contribution in [1.29, 1.82) is 0 Å². The molecule has 0 fully saturated rings. The van der Waals surface area contributed by atoms with E-state index in [0.717, 1.165) is 21.2 Å². The molecule has 0 spiro atoms. The van der Waals surface area contributed by atoms with E-state index in [1.807, 2.05) is 26.0 Å². The van der Waals surface area contributed by atoms with Gasteiger partial charge < -0.3 is 10.1 Å². The maximum atomic E-state index is 12.2. The highest BCUT2D eigenvalue weighted by molar-refractivity contribution is 9.10. The number of rotatable bonds is 7. The van der Waals surface area contributed by atoms with Gasteiger partial charge in [0.2, 0.25) is 11.8 Å². The second kappa shape index (κ2) is 11.2. The standard InChI is InChI=1S/C22H25BrClN3O4/c1-12-10-16(23)11-13(2)21(12)31-15(4)22(30)27-26-20(29)9-8-19(28)25-18-7-5-6-17(24)14(18)3/h5-7,10-11,15H,8-9H2,1-4H3,(H,25,28)(H,26,29)(H,27,30). The first kappa shape index (κ1) is 24.7. The van der Waals surface area contributed by atoms with Gasteiger partial charge in [-0.15, -0.1) is 0 Å². The van der Waals surface area contributed by atoms with Crippen LogP contribution in [0.25, 0.3) is 0 Å². The van der Waals surface area contributed by atoms with E-state index >= 15 is 0 Å². The number of hydrazine groups is 1. The van der Waals surface area contributed by atoms with Crippen molar-refractivity contribution in [3.8, 4) is 5.75 Å². The van der Waals surface area contributed by atoms with E-state index in [-0.39, 0.29) is 18.7 Å². The Morgan fingerprint density at radius 1 is 1.03 bits per heavy atom. The van der Waals surface area contributed by atoms with Crippen molar-refractivity contribution in [1.82, 2.24) is 10.9 Å². The minimum Gasteiger partial charge on any atom is -0.480 e. The van der Waals surface area contributed by atoms with Crippen LogP contribution in [0.2, 0.25) is 5.02 Å². The summed E-state index contributed by atoms with van der Waals surface area (Å²) in [4.78, 5) is 36.3. The van der Waals surface area contributed by atoms with Crippen LogP contribution in [0.4, 0.5) is 5.69 Å². The summed E-state index contributed by atoms with van der Waals surface area (Å²) in [6.07, 6.45) is -0.962. The first-order valence-corrected chi connectivity index (χ1v) is 10.8. The first-order chi connectivity index (χ1) is 14.6. The number of halogens is 2. The molecular formula is C22H25BrClN3O4. The second-order valence-electron chi connectivity index (χ2n) is 7.13. The van der Waals surface area contributed by atoms with Crippen molar-refractivity contribution in [2.75, 3.05) is 5.32 Å². The van der Waals surface area contributed by atoms with Crippen LogP contribution >= 0.6 is 27.5 Å². The summed E-state index contributed by atoms with van der Waals surface area (Å²) in [5.41, 5.74) is 7.74. The third-order valence-corrected chi connectivity index (χ3v) is 5.40. The van der Waals surface area contributed by atoms with Gasteiger partial charge in [0.15, 0.2) is 6.10 Å². The molecule has 0 saturated heterocycles. The van der Waals surface area contributed by atoms with E-state index in [2.05, 4.69) is 32.1 Å². The topological polar surface area (TPSA) is 96.5 Å². The highest BCUT2D eigenvalue weighted by Crippen LogP contribution is 2.28. The summed E-state index contributed by atoms with van der Waals surface area (Å²) in [6, 6.07) is 8.98. The lowest BCUT2D eigenvalue weighted by Gasteiger charge is -2.18. The zero-order valence-corrected chi connectivity index (χ0v) is 20.1. The van der Waals surface area contributed by atoms with Gasteiger partial charge in [0.25, 0.3) is 5.91 Å². The fourth-order valence-electron chi connectivity index (χ4n) is 2.79. The Labute approximate surface area is 195 Å². The molecule has 2 rings (SSSR count). The third kappa shape index (κ3) is 7.25. The minimum absolute atomic E-state index is 0.0446. The van der Waals surface area contributed by atoms with E-state index in [9.17, 15) is 14.4 Å². The average molecular weight is 511 g/mol. The molecule has 3 N–H and O–H groups in total. The molecule has 9 heteroatoms. The number of hydrogen-bond acceptors (Lipinski definition) is 4. The van der Waals surface area contributed by atoms with E-state index in [1.165, 1.54) is 0 Å². The van der Waals surface area contributed by atoms with Crippen LogP contribution in [0.5, 0.6) is 5.75 Å². The normalized spacial score (nSPS) is 11.4. The molecule has 0 aliphatic carbocycles. The van der Waals surface area contributed by atoms with E-state index in [1.54, 1.807) is 32.0 Å². The lowest BCUT2D eigenvalue weighted by molar-refractivity contribution is -0.133. The zero-order valence-electron chi connectivity index (χ0n) is 17.8. The number of benzene rings is 2. The number of nitrogens with one attached hydrogen (secondary N) is 3. The van der Waals surface area contributed by atoms with Crippen molar-refractivity contribution in [2.24, 2.45) is 0 Å². The number of carbonyl (C=O) groups excluding carboxylic acids is 3. The summed E-state index contributed by atoms with van der Waals surface area (Å²) in [6.45, 7) is 7.15. The molecule has 7 nitrogen and oxygen atoms in total. The van der Waals surface area contributed by atoms with Crippen LogP contribution in [0.15, 0.2) is 34.8 Å². The number of aryl methyl sites for hydroxylation is 2. The Morgan fingerprint density at radius 2 is 1.65 bits per heavy atom. The Bertz CT molecular complexity index is 974. The van der Waals surface area contributed by atoms with Gasteiger partial charge >= 0.3 is 0 Å². The van der Waals surface area contributed by atoms with Gasteiger partial charge in [-0.3, -0.25) is 25.2 Å². The zero-order chi connectivity index (χ0) is 23.1. The molecule has 166 valence electrons. The fourth-order valence-corrected chi connectivity index (χ4v) is 3.65.